The van der Waals surface area contributed by atoms with Crippen molar-refractivity contribution in [3.8, 4) is 11.4 Å². The highest BCUT2D eigenvalue weighted by Crippen LogP contribution is 2.37. The molecule has 21 heavy (non-hydrogen) atoms. The summed E-state index contributed by atoms with van der Waals surface area (Å²) in [6.07, 6.45) is 6.45. The van der Waals surface area contributed by atoms with Gasteiger partial charge in [-0.05, 0) is 25.0 Å². The first-order chi connectivity index (χ1) is 10.3. The number of fused-ring (bicyclic) bond motifs is 1. The number of H-pyrrole nitrogens is 1. The maximum Gasteiger partial charge on any atom is 0.258 e. The van der Waals surface area contributed by atoms with Crippen LogP contribution < -0.4 is 0 Å². The number of benzene rings is 1. The molecule has 2 heterocycles. The van der Waals surface area contributed by atoms with Crippen molar-refractivity contribution in [2.75, 3.05) is 0 Å². The normalized spacial score (nSPS) is 18.1. The number of aromatic nitrogens is 3. The fraction of sp³-hybridized carbons (Fsp3) is 0.375. The lowest BCUT2D eigenvalue weighted by molar-refractivity contribution is -0.0287. The average molecular weight is 283 g/mol. The Hall–Kier alpha value is -2.14. The van der Waals surface area contributed by atoms with Crippen LogP contribution in [0, 0.1) is 0 Å². The number of aromatic amines is 1. The van der Waals surface area contributed by atoms with Crippen LogP contribution in [0.5, 0.6) is 0 Å². The first kappa shape index (κ1) is 12.6. The van der Waals surface area contributed by atoms with E-state index in [0.29, 0.717) is 24.6 Å². The van der Waals surface area contributed by atoms with Crippen LogP contribution >= 0.6 is 0 Å². The molecular weight excluding hydrogens is 266 g/mol. The zero-order valence-electron chi connectivity index (χ0n) is 11.7. The molecule has 1 aromatic carbocycles. The fourth-order valence-electron chi connectivity index (χ4n) is 3.15. The first-order valence-corrected chi connectivity index (χ1v) is 7.39. The predicted molar refractivity (Wildman–Crippen MR) is 78.6 cm³/mol. The lowest BCUT2D eigenvalue weighted by Gasteiger charge is -2.27. The van der Waals surface area contributed by atoms with Gasteiger partial charge in [-0.2, -0.15) is 4.98 Å². The van der Waals surface area contributed by atoms with Crippen molar-refractivity contribution < 1.29 is 9.63 Å². The summed E-state index contributed by atoms with van der Waals surface area (Å²) in [5, 5.41) is 15.8. The van der Waals surface area contributed by atoms with Gasteiger partial charge in [-0.25, -0.2) is 0 Å². The minimum atomic E-state index is -0.949. The van der Waals surface area contributed by atoms with Gasteiger partial charge in [0.25, 0.3) is 5.89 Å². The number of hydrogen-bond acceptors (Lipinski definition) is 4. The Morgan fingerprint density at radius 3 is 2.86 bits per heavy atom. The topological polar surface area (TPSA) is 74.9 Å². The van der Waals surface area contributed by atoms with Gasteiger partial charge >= 0.3 is 0 Å². The third-order valence-electron chi connectivity index (χ3n) is 4.34. The number of hydrogen-bond donors (Lipinski definition) is 2. The highest BCUT2D eigenvalue weighted by Gasteiger charge is 2.37. The van der Waals surface area contributed by atoms with E-state index in [1.54, 1.807) is 0 Å². The van der Waals surface area contributed by atoms with Crippen LogP contribution in [0.15, 0.2) is 35.0 Å². The number of nitrogens with zero attached hydrogens (tertiary/aromatic N) is 2. The van der Waals surface area contributed by atoms with E-state index in [1.807, 2.05) is 30.5 Å². The van der Waals surface area contributed by atoms with Crippen molar-refractivity contribution in [1.82, 2.24) is 15.1 Å². The molecule has 2 aromatic heterocycles. The Bertz CT molecular complexity index is 769. The summed E-state index contributed by atoms with van der Waals surface area (Å²) in [5.74, 6) is 0.888. The van der Waals surface area contributed by atoms with Gasteiger partial charge in [0, 0.05) is 22.7 Å². The predicted octanol–water partition coefficient (Wildman–Crippen LogP) is 3.37. The van der Waals surface area contributed by atoms with Gasteiger partial charge < -0.3 is 14.6 Å². The highest BCUT2D eigenvalue weighted by atomic mass is 16.5. The molecule has 0 radical (unpaired) electrons. The summed E-state index contributed by atoms with van der Waals surface area (Å²) in [4.78, 5) is 7.64. The molecule has 5 nitrogen and oxygen atoms in total. The summed E-state index contributed by atoms with van der Waals surface area (Å²) in [6, 6.07) is 7.93. The Morgan fingerprint density at radius 1 is 1.14 bits per heavy atom. The van der Waals surface area contributed by atoms with E-state index in [0.717, 1.165) is 35.7 Å². The minimum absolute atomic E-state index is 0.352. The standard InChI is InChI=1S/C16H17N3O2/c20-16(8-2-1-3-9-16)15-18-14(19-21-15)12-5-4-6-13-11(12)7-10-17-13/h4-7,10,17,20H,1-3,8-9H2. The molecule has 108 valence electrons. The van der Waals surface area contributed by atoms with Crippen molar-refractivity contribution in [3.05, 3.63) is 36.4 Å². The summed E-state index contributed by atoms with van der Waals surface area (Å²) < 4.78 is 5.37. The van der Waals surface area contributed by atoms with Gasteiger partial charge in [-0.3, -0.25) is 0 Å². The molecule has 0 spiro atoms. The molecule has 0 aliphatic heterocycles. The smallest absolute Gasteiger partial charge is 0.258 e. The minimum Gasteiger partial charge on any atom is -0.380 e. The van der Waals surface area contributed by atoms with E-state index in [-0.39, 0.29) is 0 Å². The molecule has 0 saturated heterocycles. The Morgan fingerprint density at radius 2 is 2.00 bits per heavy atom. The maximum absolute atomic E-state index is 10.7. The van der Waals surface area contributed by atoms with Crippen LogP contribution in [-0.2, 0) is 5.60 Å². The van der Waals surface area contributed by atoms with Gasteiger partial charge in [0.05, 0.1) is 0 Å². The van der Waals surface area contributed by atoms with Crippen molar-refractivity contribution in [3.63, 3.8) is 0 Å². The van der Waals surface area contributed by atoms with Gasteiger partial charge in [0.1, 0.15) is 5.60 Å². The molecule has 1 aliphatic carbocycles. The van der Waals surface area contributed by atoms with Gasteiger partial charge in [-0.1, -0.05) is 36.6 Å². The molecule has 0 atom stereocenters. The molecule has 2 N–H and O–H groups in total. The highest BCUT2D eigenvalue weighted by molar-refractivity contribution is 5.93. The lowest BCUT2D eigenvalue weighted by atomic mass is 9.85. The van der Waals surface area contributed by atoms with E-state index >= 15 is 0 Å². The molecular formula is C16H17N3O2. The van der Waals surface area contributed by atoms with E-state index in [1.165, 1.54) is 0 Å². The summed E-state index contributed by atoms with van der Waals surface area (Å²) in [7, 11) is 0. The summed E-state index contributed by atoms with van der Waals surface area (Å²) >= 11 is 0. The van der Waals surface area contributed by atoms with Gasteiger partial charge in [0.15, 0.2) is 0 Å². The van der Waals surface area contributed by atoms with Crippen molar-refractivity contribution in [2.24, 2.45) is 0 Å². The Kier molecular flexibility index (Phi) is 2.82. The van der Waals surface area contributed by atoms with E-state index in [2.05, 4.69) is 15.1 Å². The third-order valence-corrected chi connectivity index (χ3v) is 4.34. The number of rotatable bonds is 2. The van der Waals surface area contributed by atoms with Crippen molar-refractivity contribution in [1.29, 1.82) is 0 Å². The summed E-state index contributed by atoms with van der Waals surface area (Å²) in [5.41, 5.74) is 1.01. The number of aliphatic hydroxyl groups is 1. The van der Waals surface area contributed by atoms with Crippen molar-refractivity contribution >= 4 is 10.9 Å². The largest absolute Gasteiger partial charge is 0.380 e. The molecule has 1 fully saturated rings. The van der Waals surface area contributed by atoms with Crippen LogP contribution in [0.4, 0.5) is 0 Å². The Labute approximate surface area is 122 Å². The average Bonchev–Trinajstić information content (AvgIpc) is 3.17. The second kappa shape index (κ2) is 4.70. The maximum atomic E-state index is 10.7. The molecule has 1 saturated carbocycles. The van der Waals surface area contributed by atoms with Crippen LogP contribution in [0.2, 0.25) is 0 Å². The summed E-state index contributed by atoms with van der Waals surface area (Å²) in [6.45, 7) is 0. The SMILES string of the molecule is OC1(c2nc(-c3cccc4[nH]ccc34)no2)CCCCC1. The zero-order chi connectivity index (χ0) is 14.3. The fourth-order valence-corrected chi connectivity index (χ4v) is 3.15. The van der Waals surface area contributed by atoms with Gasteiger partial charge in [-0.15, -0.1) is 0 Å². The second-order valence-corrected chi connectivity index (χ2v) is 5.76. The van der Waals surface area contributed by atoms with Crippen LogP contribution in [0.3, 0.4) is 0 Å². The van der Waals surface area contributed by atoms with E-state index in [4.69, 9.17) is 4.52 Å². The van der Waals surface area contributed by atoms with Crippen LogP contribution in [0.1, 0.15) is 38.0 Å². The number of nitrogens with one attached hydrogen (secondary N) is 1. The quantitative estimate of drug-likeness (QED) is 0.756. The molecule has 0 bridgehead atoms. The molecule has 4 rings (SSSR count). The Balaban J connectivity index is 1.76. The van der Waals surface area contributed by atoms with Crippen LogP contribution in [-0.4, -0.2) is 20.2 Å². The molecule has 0 unspecified atom stereocenters. The third kappa shape index (κ3) is 2.05. The van der Waals surface area contributed by atoms with E-state index < -0.39 is 5.60 Å². The van der Waals surface area contributed by atoms with Gasteiger partial charge in [0.2, 0.25) is 5.82 Å². The monoisotopic (exact) mass is 283 g/mol. The lowest BCUT2D eigenvalue weighted by Crippen LogP contribution is -2.28. The second-order valence-electron chi connectivity index (χ2n) is 5.76. The molecule has 0 amide bonds. The molecule has 3 aromatic rings. The first-order valence-electron chi connectivity index (χ1n) is 7.39. The molecule has 5 heteroatoms. The zero-order valence-corrected chi connectivity index (χ0v) is 11.7. The van der Waals surface area contributed by atoms with Crippen molar-refractivity contribution in [2.45, 2.75) is 37.7 Å². The van der Waals surface area contributed by atoms with E-state index in [9.17, 15) is 5.11 Å². The van der Waals surface area contributed by atoms with Crippen LogP contribution in [0.25, 0.3) is 22.3 Å². The molecule has 1 aliphatic rings.